The Morgan fingerprint density at radius 1 is 1.06 bits per heavy atom. The van der Waals surface area contributed by atoms with Crippen molar-refractivity contribution in [3.8, 4) is 17.2 Å². The lowest BCUT2D eigenvalue weighted by Gasteiger charge is -2.08. The van der Waals surface area contributed by atoms with Gasteiger partial charge < -0.3 is 24.5 Å². The highest BCUT2D eigenvalue weighted by molar-refractivity contribution is 5.92. The van der Waals surface area contributed by atoms with Crippen LogP contribution in [0.15, 0.2) is 59.2 Å². The quantitative estimate of drug-likeness (QED) is 0.498. The number of nitrogens with zero attached hydrogens (tertiary/aromatic N) is 1. The zero-order chi connectivity index (χ0) is 22.1. The minimum Gasteiger partial charge on any atom is -0.497 e. The average molecular weight is 423 g/mol. The molecule has 0 aliphatic carbocycles. The molecule has 0 atom stereocenters. The summed E-state index contributed by atoms with van der Waals surface area (Å²) in [5.41, 5.74) is 2.60. The molecule has 0 unspecified atom stereocenters. The maximum atomic E-state index is 12.1. The van der Waals surface area contributed by atoms with Crippen LogP contribution in [-0.4, -0.2) is 37.2 Å². The van der Waals surface area contributed by atoms with Gasteiger partial charge >= 0.3 is 12.0 Å². The van der Waals surface area contributed by atoms with E-state index in [-0.39, 0.29) is 12.0 Å². The maximum Gasteiger partial charge on any atom is 0.338 e. The molecule has 0 spiro atoms. The van der Waals surface area contributed by atoms with Gasteiger partial charge in [-0.3, -0.25) is 0 Å². The van der Waals surface area contributed by atoms with Crippen LogP contribution in [0.3, 0.4) is 0 Å². The molecule has 0 radical (unpaired) electrons. The van der Waals surface area contributed by atoms with Crippen LogP contribution in [-0.2, 0) is 11.2 Å². The summed E-state index contributed by atoms with van der Waals surface area (Å²) in [6, 6.07) is 13.6. The largest absolute Gasteiger partial charge is 0.497 e. The van der Waals surface area contributed by atoms with Crippen molar-refractivity contribution in [1.29, 1.82) is 0 Å². The molecule has 31 heavy (non-hydrogen) atoms. The highest BCUT2D eigenvalue weighted by Gasteiger charge is 2.09. The fourth-order valence-corrected chi connectivity index (χ4v) is 2.74. The van der Waals surface area contributed by atoms with Crippen LogP contribution in [0.2, 0.25) is 0 Å². The summed E-state index contributed by atoms with van der Waals surface area (Å²) >= 11 is 0. The Morgan fingerprint density at radius 2 is 1.81 bits per heavy atom. The zero-order valence-corrected chi connectivity index (χ0v) is 17.5. The fraction of sp³-hybridized carbons (Fsp3) is 0.261. The van der Waals surface area contributed by atoms with Gasteiger partial charge in [0.15, 0.2) is 0 Å². The first-order chi connectivity index (χ1) is 15.1. The molecule has 0 aliphatic rings. The number of ether oxygens (including phenoxy) is 2. The highest BCUT2D eigenvalue weighted by atomic mass is 16.5. The van der Waals surface area contributed by atoms with Gasteiger partial charge in [0, 0.05) is 24.2 Å². The van der Waals surface area contributed by atoms with Crippen molar-refractivity contribution in [2.24, 2.45) is 0 Å². The van der Waals surface area contributed by atoms with Gasteiger partial charge in [-0.2, -0.15) is 0 Å². The van der Waals surface area contributed by atoms with E-state index in [0.29, 0.717) is 36.7 Å². The van der Waals surface area contributed by atoms with Gasteiger partial charge in [-0.25, -0.2) is 14.6 Å². The monoisotopic (exact) mass is 423 g/mol. The Labute approximate surface area is 180 Å². The molecular weight excluding hydrogens is 398 g/mol. The molecule has 3 aromatic rings. The molecule has 0 aliphatic heterocycles. The number of methoxy groups -OCH3 is 1. The Kier molecular flexibility index (Phi) is 7.64. The molecule has 3 rings (SSSR count). The molecular formula is C23H25N3O5. The number of nitrogens with one attached hydrogen (secondary N) is 2. The van der Waals surface area contributed by atoms with Crippen molar-refractivity contribution >= 4 is 17.7 Å². The van der Waals surface area contributed by atoms with Crippen LogP contribution in [0.25, 0.3) is 11.5 Å². The number of carbonyl (C=O) groups excluding carboxylic acids is 2. The molecule has 0 saturated carbocycles. The van der Waals surface area contributed by atoms with Gasteiger partial charge in [-0.15, -0.1) is 0 Å². The van der Waals surface area contributed by atoms with Crippen molar-refractivity contribution in [2.45, 2.75) is 19.8 Å². The van der Waals surface area contributed by atoms with E-state index in [9.17, 15) is 9.59 Å². The van der Waals surface area contributed by atoms with Crippen molar-refractivity contribution in [3.05, 3.63) is 66.1 Å². The molecule has 1 aromatic heterocycles. The summed E-state index contributed by atoms with van der Waals surface area (Å²) in [5, 5.41) is 5.49. The van der Waals surface area contributed by atoms with Gasteiger partial charge in [-0.1, -0.05) is 6.92 Å². The summed E-state index contributed by atoms with van der Waals surface area (Å²) in [4.78, 5) is 28.3. The second-order valence-electron chi connectivity index (χ2n) is 6.72. The number of urea groups is 1. The van der Waals surface area contributed by atoms with Crippen LogP contribution < -0.4 is 15.4 Å². The van der Waals surface area contributed by atoms with Crippen LogP contribution in [0.4, 0.5) is 10.5 Å². The lowest BCUT2D eigenvalue weighted by atomic mass is 10.2. The Morgan fingerprint density at radius 3 is 2.48 bits per heavy atom. The number of amides is 2. The van der Waals surface area contributed by atoms with Crippen LogP contribution in [0.5, 0.6) is 5.75 Å². The Balaban J connectivity index is 1.44. The number of rotatable bonds is 9. The third-order valence-electron chi connectivity index (χ3n) is 4.37. The van der Waals surface area contributed by atoms with Crippen LogP contribution in [0.1, 0.15) is 29.4 Å². The summed E-state index contributed by atoms with van der Waals surface area (Å²) in [5.74, 6) is 0.899. The second-order valence-corrected chi connectivity index (χ2v) is 6.72. The van der Waals surface area contributed by atoms with Crippen molar-refractivity contribution in [2.75, 3.05) is 25.6 Å². The standard InChI is InChI=1S/C23H25N3O5/c1-3-14-30-22(27)17-4-8-18(9-5-17)26-23(28)24-13-12-19-15-31-21(25-19)16-6-10-20(29-2)11-7-16/h4-11,15H,3,12-14H2,1-2H3,(H2,24,26,28). The lowest BCUT2D eigenvalue weighted by Crippen LogP contribution is -2.30. The van der Waals surface area contributed by atoms with Crippen molar-refractivity contribution in [3.63, 3.8) is 0 Å². The van der Waals surface area contributed by atoms with Crippen molar-refractivity contribution in [1.82, 2.24) is 10.3 Å². The SMILES string of the molecule is CCCOC(=O)c1ccc(NC(=O)NCCc2coc(-c3ccc(OC)cc3)n2)cc1. The fourth-order valence-electron chi connectivity index (χ4n) is 2.74. The normalized spacial score (nSPS) is 10.4. The minimum atomic E-state index is -0.375. The number of benzene rings is 2. The third-order valence-corrected chi connectivity index (χ3v) is 4.37. The molecule has 162 valence electrons. The van der Waals surface area contributed by atoms with E-state index < -0.39 is 0 Å². The third kappa shape index (κ3) is 6.33. The molecule has 8 nitrogen and oxygen atoms in total. The first-order valence-electron chi connectivity index (χ1n) is 10.00. The predicted molar refractivity (Wildman–Crippen MR) is 116 cm³/mol. The van der Waals surface area contributed by atoms with E-state index in [1.807, 2.05) is 31.2 Å². The highest BCUT2D eigenvalue weighted by Crippen LogP contribution is 2.21. The number of anilines is 1. The van der Waals surface area contributed by atoms with E-state index in [4.69, 9.17) is 13.9 Å². The smallest absolute Gasteiger partial charge is 0.338 e. The number of hydrogen-bond acceptors (Lipinski definition) is 6. The average Bonchev–Trinajstić information content (AvgIpc) is 3.27. The van der Waals surface area contributed by atoms with Gasteiger partial charge in [0.2, 0.25) is 5.89 Å². The number of oxazole rings is 1. The molecule has 2 N–H and O–H groups in total. The van der Waals surface area contributed by atoms with E-state index >= 15 is 0 Å². The molecule has 0 saturated heterocycles. The predicted octanol–water partition coefficient (Wildman–Crippen LogP) is 4.28. The first-order valence-corrected chi connectivity index (χ1v) is 10.00. The van der Waals surface area contributed by atoms with Gasteiger partial charge in [-0.05, 0) is 55.0 Å². The Hall–Kier alpha value is -3.81. The molecule has 2 amide bonds. The van der Waals surface area contributed by atoms with Crippen LogP contribution >= 0.6 is 0 Å². The molecule has 1 heterocycles. The zero-order valence-electron chi connectivity index (χ0n) is 17.5. The molecule has 0 fully saturated rings. The van der Waals surface area contributed by atoms with E-state index in [2.05, 4.69) is 15.6 Å². The molecule has 0 bridgehead atoms. The lowest BCUT2D eigenvalue weighted by molar-refractivity contribution is 0.0505. The summed E-state index contributed by atoms with van der Waals surface area (Å²) in [7, 11) is 1.61. The van der Waals surface area contributed by atoms with Gasteiger partial charge in [0.05, 0.1) is 25.0 Å². The van der Waals surface area contributed by atoms with E-state index in [1.165, 1.54) is 0 Å². The first kappa shape index (κ1) is 21.9. The second kappa shape index (κ2) is 10.8. The number of carbonyl (C=O) groups is 2. The Bertz CT molecular complexity index is 997. The number of esters is 1. The summed E-state index contributed by atoms with van der Waals surface area (Å²) in [6.07, 6.45) is 2.87. The molecule has 2 aromatic carbocycles. The minimum absolute atomic E-state index is 0.347. The van der Waals surface area contributed by atoms with E-state index in [1.54, 1.807) is 37.6 Å². The number of hydrogen-bond donors (Lipinski definition) is 2. The summed E-state index contributed by atoms with van der Waals surface area (Å²) < 4.78 is 15.7. The van der Waals surface area contributed by atoms with Gasteiger partial charge in [0.25, 0.3) is 0 Å². The molecule has 8 heteroatoms. The topological polar surface area (TPSA) is 103 Å². The maximum absolute atomic E-state index is 12.1. The van der Waals surface area contributed by atoms with Crippen LogP contribution in [0, 0.1) is 0 Å². The van der Waals surface area contributed by atoms with E-state index in [0.717, 1.165) is 23.4 Å². The van der Waals surface area contributed by atoms with Gasteiger partial charge in [0.1, 0.15) is 12.0 Å². The number of aromatic nitrogens is 1. The van der Waals surface area contributed by atoms with Crippen molar-refractivity contribution < 1.29 is 23.5 Å². The summed E-state index contributed by atoms with van der Waals surface area (Å²) in [6.45, 7) is 2.71.